The summed E-state index contributed by atoms with van der Waals surface area (Å²) in [5.41, 5.74) is 4.73. The van der Waals surface area contributed by atoms with E-state index in [2.05, 4.69) is 28.1 Å². The number of thiocarbonyl (C=S) groups is 1. The van der Waals surface area contributed by atoms with Crippen LogP contribution in [-0.4, -0.2) is 4.99 Å². The van der Waals surface area contributed by atoms with Gasteiger partial charge in [-0.1, -0.05) is 46.3 Å². The monoisotopic (exact) mass is 265 g/mol. The minimum absolute atomic E-state index is 0.206. The maximum Gasteiger partial charge on any atom is 0.323 e. The lowest BCUT2D eigenvalue weighted by molar-refractivity contribution is 0.0767. The topological polar surface area (TPSA) is 26.0 Å². The Kier molecular flexibility index (Phi) is 2.98. The Hall–Kier alpha value is -0.550. The summed E-state index contributed by atoms with van der Waals surface area (Å²) >= 11 is 7.29. The van der Waals surface area contributed by atoms with E-state index >= 15 is 0 Å². The van der Waals surface area contributed by atoms with Crippen molar-refractivity contribution in [3.05, 3.63) is 34.3 Å². The fourth-order valence-electron chi connectivity index (χ4n) is 0.849. The first-order valence-corrected chi connectivity index (χ1v) is 4.59. The quantitative estimate of drug-likeness (QED) is 0.833. The van der Waals surface area contributed by atoms with Crippen molar-refractivity contribution in [2.45, 2.75) is 5.92 Å². The highest BCUT2D eigenvalue weighted by molar-refractivity contribution is 9.10. The van der Waals surface area contributed by atoms with Crippen LogP contribution >= 0.6 is 28.1 Å². The van der Waals surface area contributed by atoms with E-state index in [1.54, 1.807) is 6.07 Å². The first kappa shape index (κ1) is 10.5. The van der Waals surface area contributed by atoms with Crippen LogP contribution in [0.4, 0.5) is 8.78 Å². The minimum Gasteiger partial charge on any atom is -0.388 e. The van der Waals surface area contributed by atoms with Gasteiger partial charge in [0.05, 0.1) is 0 Å². The van der Waals surface area contributed by atoms with Gasteiger partial charge in [-0.3, -0.25) is 0 Å². The van der Waals surface area contributed by atoms with Crippen LogP contribution < -0.4 is 5.73 Å². The van der Waals surface area contributed by atoms with Crippen LogP contribution in [0.2, 0.25) is 0 Å². The lowest BCUT2D eigenvalue weighted by Gasteiger charge is -2.15. The molecule has 0 aromatic heterocycles. The van der Waals surface area contributed by atoms with Crippen molar-refractivity contribution in [3.8, 4) is 0 Å². The number of benzene rings is 1. The highest BCUT2D eigenvalue weighted by atomic mass is 79.9. The van der Waals surface area contributed by atoms with Crippen LogP contribution in [0.5, 0.6) is 0 Å². The van der Waals surface area contributed by atoms with Gasteiger partial charge >= 0.3 is 5.92 Å². The number of nitrogens with two attached hydrogens (primary N) is 1. The molecule has 1 aromatic rings. The Morgan fingerprint density at radius 1 is 1.38 bits per heavy atom. The Bertz CT molecular complexity index is 341. The first-order chi connectivity index (χ1) is 5.96. The molecule has 0 radical (unpaired) electrons. The molecule has 1 nitrogen and oxygen atoms in total. The average Bonchev–Trinajstić information content (AvgIpc) is 2.04. The molecular weight excluding hydrogens is 260 g/mol. The van der Waals surface area contributed by atoms with Crippen LogP contribution in [-0.2, 0) is 5.92 Å². The zero-order valence-electron chi connectivity index (χ0n) is 6.43. The molecule has 0 aliphatic rings. The molecule has 1 aromatic carbocycles. The summed E-state index contributed by atoms with van der Waals surface area (Å²) in [5, 5.41) is 0. The van der Waals surface area contributed by atoms with Gasteiger partial charge in [0.1, 0.15) is 4.99 Å². The van der Waals surface area contributed by atoms with E-state index in [0.29, 0.717) is 4.47 Å². The summed E-state index contributed by atoms with van der Waals surface area (Å²) in [7, 11) is 0. The number of alkyl halides is 2. The van der Waals surface area contributed by atoms with E-state index < -0.39 is 10.9 Å². The molecule has 0 atom stereocenters. The van der Waals surface area contributed by atoms with Crippen molar-refractivity contribution >= 4 is 33.1 Å². The fourth-order valence-corrected chi connectivity index (χ4v) is 1.49. The molecular formula is C8H6BrF2NS. The summed E-state index contributed by atoms with van der Waals surface area (Å²) in [4.78, 5) is -0.820. The summed E-state index contributed by atoms with van der Waals surface area (Å²) in [6, 6.07) is 5.94. The number of rotatable bonds is 2. The zero-order valence-corrected chi connectivity index (χ0v) is 8.83. The fraction of sp³-hybridized carbons (Fsp3) is 0.125. The highest BCUT2D eigenvalue weighted by Crippen LogP contribution is 2.33. The third-order valence-electron chi connectivity index (χ3n) is 1.52. The standard InChI is InChI=1S/C8H6BrF2NS/c9-6-4-2-1-3-5(6)8(10,11)7(12)13/h1-4H,(H2,12,13). The van der Waals surface area contributed by atoms with E-state index in [0.717, 1.165) is 0 Å². The third-order valence-corrected chi connectivity index (χ3v) is 2.47. The smallest absolute Gasteiger partial charge is 0.323 e. The van der Waals surface area contributed by atoms with Crippen molar-refractivity contribution in [1.29, 1.82) is 0 Å². The van der Waals surface area contributed by atoms with Gasteiger partial charge in [-0.2, -0.15) is 8.78 Å². The molecule has 0 amide bonds. The van der Waals surface area contributed by atoms with Crippen molar-refractivity contribution < 1.29 is 8.78 Å². The molecule has 0 aliphatic heterocycles. The maximum atomic E-state index is 13.2. The molecule has 0 fully saturated rings. The largest absolute Gasteiger partial charge is 0.388 e. The molecule has 70 valence electrons. The number of hydrogen-bond acceptors (Lipinski definition) is 1. The normalized spacial score (nSPS) is 11.3. The maximum absolute atomic E-state index is 13.2. The average molecular weight is 266 g/mol. The molecule has 0 saturated heterocycles. The summed E-state index contributed by atoms with van der Waals surface area (Å²) in [6.45, 7) is 0. The summed E-state index contributed by atoms with van der Waals surface area (Å²) < 4.78 is 26.8. The molecule has 5 heteroatoms. The van der Waals surface area contributed by atoms with Crippen molar-refractivity contribution in [2.24, 2.45) is 5.73 Å². The van der Waals surface area contributed by atoms with Gasteiger partial charge in [0, 0.05) is 10.0 Å². The molecule has 0 saturated carbocycles. The van der Waals surface area contributed by atoms with Gasteiger partial charge in [0.25, 0.3) is 0 Å². The van der Waals surface area contributed by atoms with Gasteiger partial charge in [0.15, 0.2) is 0 Å². The molecule has 1 rings (SSSR count). The second-order valence-electron chi connectivity index (χ2n) is 2.42. The third kappa shape index (κ3) is 2.03. The number of halogens is 3. The molecule has 2 N–H and O–H groups in total. The van der Waals surface area contributed by atoms with Crippen LogP contribution in [0.1, 0.15) is 5.56 Å². The van der Waals surface area contributed by atoms with Gasteiger partial charge < -0.3 is 5.73 Å². The van der Waals surface area contributed by atoms with Gasteiger partial charge in [-0.15, -0.1) is 0 Å². The Balaban J connectivity index is 3.22. The Morgan fingerprint density at radius 2 is 1.92 bits per heavy atom. The predicted molar refractivity (Wildman–Crippen MR) is 54.8 cm³/mol. The second-order valence-corrected chi connectivity index (χ2v) is 3.71. The lowest BCUT2D eigenvalue weighted by Crippen LogP contribution is -2.31. The molecule has 0 unspecified atom stereocenters. The Labute approximate surface area is 88.1 Å². The predicted octanol–water partition coefficient (Wildman–Crippen LogP) is 2.83. The van der Waals surface area contributed by atoms with Gasteiger partial charge in [-0.05, 0) is 6.07 Å². The second kappa shape index (κ2) is 3.67. The lowest BCUT2D eigenvalue weighted by atomic mass is 10.1. The molecule has 0 aliphatic carbocycles. The molecule has 13 heavy (non-hydrogen) atoms. The molecule has 0 bridgehead atoms. The van der Waals surface area contributed by atoms with Crippen molar-refractivity contribution in [1.82, 2.24) is 0 Å². The highest BCUT2D eigenvalue weighted by Gasteiger charge is 2.36. The van der Waals surface area contributed by atoms with Gasteiger partial charge in [-0.25, -0.2) is 0 Å². The van der Waals surface area contributed by atoms with Crippen LogP contribution in [0.3, 0.4) is 0 Å². The molecule has 0 heterocycles. The van der Waals surface area contributed by atoms with E-state index in [4.69, 9.17) is 5.73 Å². The van der Waals surface area contributed by atoms with Crippen LogP contribution in [0, 0.1) is 0 Å². The zero-order chi connectivity index (χ0) is 10.1. The van der Waals surface area contributed by atoms with E-state index in [1.165, 1.54) is 18.2 Å². The van der Waals surface area contributed by atoms with Crippen molar-refractivity contribution in [3.63, 3.8) is 0 Å². The van der Waals surface area contributed by atoms with E-state index in [9.17, 15) is 8.78 Å². The summed E-state index contributed by atoms with van der Waals surface area (Å²) in [5.74, 6) is -3.25. The number of hydrogen-bond donors (Lipinski definition) is 1. The first-order valence-electron chi connectivity index (χ1n) is 3.39. The SMILES string of the molecule is NC(=S)C(F)(F)c1ccccc1Br. The Morgan fingerprint density at radius 3 is 2.38 bits per heavy atom. The van der Waals surface area contributed by atoms with Crippen molar-refractivity contribution in [2.75, 3.05) is 0 Å². The molecule has 0 spiro atoms. The van der Waals surface area contributed by atoms with Crippen LogP contribution in [0.25, 0.3) is 0 Å². The van der Waals surface area contributed by atoms with Gasteiger partial charge in [0.2, 0.25) is 0 Å². The minimum atomic E-state index is -3.25. The van der Waals surface area contributed by atoms with E-state index in [-0.39, 0.29) is 5.56 Å². The summed E-state index contributed by atoms with van der Waals surface area (Å²) in [6.07, 6.45) is 0. The van der Waals surface area contributed by atoms with Crippen LogP contribution in [0.15, 0.2) is 28.7 Å². The van der Waals surface area contributed by atoms with E-state index in [1.807, 2.05) is 0 Å².